The molecule has 0 aliphatic rings. The third-order valence-corrected chi connectivity index (χ3v) is 4.68. The summed E-state index contributed by atoms with van der Waals surface area (Å²) >= 11 is 0. The number of hydrogen-bond donors (Lipinski definition) is 5. The second kappa shape index (κ2) is 12.5. The fourth-order valence-electron chi connectivity index (χ4n) is 2.30. The van der Waals surface area contributed by atoms with Gasteiger partial charge >= 0.3 is 23.9 Å². The fraction of sp³-hybridized carbons (Fsp3) is 0. The first kappa shape index (κ1) is 27.5. The van der Waals surface area contributed by atoms with Gasteiger partial charge in [0.05, 0.1) is 27.1 Å². The molecular formula is C22H18O11S. The van der Waals surface area contributed by atoms with Crippen LogP contribution in [0.2, 0.25) is 0 Å². The van der Waals surface area contributed by atoms with Gasteiger partial charge in [-0.3, -0.25) is 4.55 Å². The molecule has 34 heavy (non-hydrogen) atoms. The van der Waals surface area contributed by atoms with Crippen LogP contribution >= 0.6 is 0 Å². The third-order valence-electron chi connectivity index (χ3n) is 3.82. The van der Waals surface area contributed by atoms with Gasteiger partial charge in [-0.25, -0.2) is 19.2 Å². The van der Waals surface area contributed by atoms with Gasteiger partial charge in [0.15, 0.2) is 0 Å². The maximum atomic E-state index is 10.5. The van der Waals surface area contributed by atoms with Crippen molar-refractivity contribution in [3.8, 4) is 0 Å². The first-order valence-corrected chi connectivity index (χ1v) is 10.4. The summed E-state index contributed by atoms with van der Waals surface area (Å²) in [6, 6.07) is 18.4. The third kappa shape index (κ3) is 8.53. The Bertz CT molecular complexity index is 1150. The highest BCUT2D eigenvalue weighted by Crippen LogP contribution is 2.09. The van der Waals surface area contributed by atoms with Crippen LogP contribution in [0.15, 0.2) is 83.8 Å². The van der Waals surface area contributed by atoms with Crippen LogP contribution in [0, 0.1) is 0 Å². The molecule has 178 valence electrons. The molecule has 3 aromatic rings. The van der Waals surface area contributed by atoms with Gasteiger partial charge < -0.3 is 20.4 Å². The first-order valence-electron chi connectivity index (χ1n) is 9.00. The van der Waals surface area contributed by atoms with E-state index in [2.05, 4.69) is 0 Å². The SMILES string of the molecule is O=C(O)c1ccccc1C(=O)O.O=C(O)c1ccccc1C(=O)O.O=S(=O)(O)c1ccccc1. The van der Waals surface area contributed by atoms with E-state index >= 15 is 0 Å². The Morgan fingerprint density at radius 1 is 0.471 bits per heavy atom. The van der Waals surface area contributed by atoms with Gasteiger partial charge in [0.1, 0.15) is 0 Å². The monoisotopic (exact) mass is 490 g/mol. The summed E-state index contributed by atoms with van der Waals surface area (Å²) < 4.78 is 29.2. The van der Waals surface area contributed by atoms with Crippen LogP contribution in [0.5, 0.6) is 0 Å². The minimum absolute atomic E-state index is 0.0741. The molecule has 0 fully saturated rings. The number of aromatic carboxylic acids is 4. The molecule has 11 nitrogen and oxygen atoms in total. The zero-order chi connectivity index (χ0) is 25.9. The topological polar surface area (TPSA) is 204 Å². The van der Waals surface area contributed by atoms with Crippen LogP contribution in [0.3, 0.4) is 0 Å². The Hall–Kier alpha value is -4.55. The van der Waals surface area contributed by atoms with Crippen molar-refractivity contribution in [2.24, 2.45) is 0 Å². The molecule has 0 saturated heterocycles. The fourth-order valence-corrected chi connectivity index (χ4v) is 2.81. The zero-order valence-electron chi connectivity index (χ0n) is 17.1. The quantitative estimate of drug-likeness (QED) is 0.329. The molecule has 12 heteroatoms. The average Bonchev–Trinajstić information content (AvgIpc) is 2.80. The smallest absolute Gasteiger partial charge is 0.336 e. The highest BCUT2D eigenvalue weighted by atomic mass is 32.2. The second-order valence-electron chi connectivity index (χ2n) is 6.10. The normalized spacial score (nSPS) is 9.91. The average molecular weight is 490 g/mol. The maximum Gasteiger partial charge on any atom is 0.336 e. The molecule has 0 aromatic heterocycles. The largest absolute Gasteiger partial charge is 0.478 e. The number of carboxylic acids is 4. The molecule has 0 aliphatic heterocycles. The number of carbonyl (C=O) groups is 4. The predicted molar refractivity (Wildman–Crippen MR) is 117 cm³/mol. The number of rotatable bonds is 5. The summed E-state index contributed by atoms with van der Waals surface area (Å²) in [5.74, 6) is -4.91. The molecule has 0 saturated carbocycles. The van der Waals surface area contributed by atoms with Gasteiger partial charge in [-0.05, 0) is 36.4 Å². The number of hydrogen-bond acceptors (Lipinski definition) is 6. The van der Waals surface area contributed by atoms with Crippen LogP contribution in [0.25, 0.3) is 0 Å². The minimum atomic E-state index is -4.00. The van der Waals surface area contributed by atoms with Crippen molar-refractivity contribution in [1.82, 2.24) is 0 Å². The summed E-state index contributed by atoms with van der Waals surface area (Å²) in [6.45, 7) is 0. The number of benzene rings is 3. The lowest BCUT2D eigenvalue weighted by molar-refractivity contribution is 0.0651. The number of carboxylic acid groups (broad SMARTS) is 4. The van der Waals surface area contributed by atoms with Crippen molar-refractivity contribution in [3.05, 3.63) is 101 Å². The molecular weight excluding hydrogens is 472 g/mol. The summed E-state index contributed by atoms with van der Waals surface area (Å²) in [7, 11) is -4.00. The predicted octanol–water partition coefficient (Wildman–Crippen LogP) is 3.10. The Morgan fingerprint density at radius 3 is 0.882 bits per heavy atom. The van der Waals surface area contributed by atoms with Gasteiger partial charge in [0.25, 0.3) is 10.1 Å². The van der Waals surface area contributed by atoms with Crippen LogP contribution in [-0.2, 0) is 10.1 Å². The van der Waals surface area contributed by atoms with Gasteiger partial charge in [-0.1, -0.05) is 42.5 Å². The van der Waals surface area contributed by atoms with Crippen molar-refractivity contribution < 1.29 is 52.6 Å². The van der Waals surface area contributed by atoms with Crippen LogP contribution in [-0.4, -0.2) is 57.3 Å². The molecule has 0 amide bonds. The van der Waals surface area contributed by atoms with E-state index in [1.54, 1.807) is 18.2 Å². The van der Waals surface area contributed by atoms with E-state index in [4.69, 9.17) is 25.0 Å². The lowest BCUT2D eigenvalue weighted by Gasteiger charge is -1.98. The van der Waals surface area contributed by atoms with E-state index in [-0.39, 0.29) is 27.1 Å². The summed E-state index contributed by atoms with van der Waals surface area (Å²) in [4.78, 5) is 41.8. The molecule has 0 unspecified atom stereocenters. The van der Waals surface area contributed by atoms with Gasteiger partial charge in [-0.2, -0.15) is 8.42 Å². The molecule has 0 radical (unpaired) electrons. The Morgan fingerprint density at radius 2 is 0.706 bits per heavy atom. The minimum Gasteiger partial charge on any atom is -0.478 e. The van der Waals surface area contributed by atoms with Crippen LogP contribution < -0.4 is 0 Å². The molecule has 3 rings (SSSR count). The van der Waals surface area contributed by atoms with Crippen LogP contribution in [0.4, 0.5) is 0 Å². The van der Waals surface area contributed by atoms with Crippen molar-refractivity contribution >= 4 is 34.0 Å². The molecule has 0 atom stereocenters. The molecule has 3 aromatic carbocycles. The highest BCUT2D eigenvalue weighted by molar-refractivity contribution is 7.85. The molecule has 5 N–H and O–H groups in total. The lowest BCUT2D eigenvalue weighted by Crippen LogP contribution is -2.06. The van der Waals surface area contributed by atoms with Gasteiger partial charge in [0.2, 0.25) is 0 Å². The second-order valence-corrected chi connectivity index (χ2v) is 7.52. The standard InChI is InChI=1S/2C8H6O4.C6H6O3S/c2*9-7(10)5-3-1-2-4-6(5)8(11)12;7-10(8,9)6-4-2-1-3-5-6/h2*1-4H,(H,9,10)(H,11,12);1-5H,(H,7,8,9). The van der Waals surface area contributed by atoms with E-state index in [0.29, 0.717) is 0 Å². The van der Waals surface area contributed by atoms with E-state index < -0.39 is 34.0 Å². The molecule has 0 heterocycles. The van der Waals surface area contributed by atoms with Gasteiger partial charge in [0, 0.05) is 0 Å². The van der Waals surface area contributed by atoms with E-state index in [1.165, 1.54) is 60.7 Å². The Labute approximate surface area is 192 Å². The summed E-state index contributed by atoms with van der Waals surface area (Å²) in [6.07, 6.45) is 0. The molecule has 0 aliphatic carbocycles. The highest BCUT2D eigenvalue weighted by Gasteiger charge is 2.14. The molecule has 0 spiro atoms. The Kier molecular flexibility index (Phi) is 10.1. The van der Waals surface area contributed by atoms with E-state index in [9.17, 15) is 27.6 Å². The summed E-state index contributed by atoms with van der Waals surface area (Å²) in [5.41, 5.74) is -0.759. The van der Waals surface area contributed by atoms with E-state index in [0.717, 1.165) is 0 Å². The lowest BCUT2D eigenvalue weighted by atomic mass is 10.1. The van der Waals surface area contributed by atoms with Crippen molar-refractivity contribution in [1.29, 1.82) is 0 Å². The molecule has 0 bridgehead atoms. The Balaban J connectivity index is 0.000000256. The van der Waals surface area contributed by atoms with Crippen LogP contribution in [0.1, 0.15) is 41.4 Å². The van der Waals surface area contributed by atoms with E-state index in [1.807, 2.05) is 0 Å². The summed E-state index contributed by atoms with van der Waals surface area (Å²) in [5, 5.41) is 34.2. The van der Waals surface area contributed by atoms with Gasteiger partial charge in [-0.15, -0.1) is 0 Å². The zero-order valence-corrected chi connectivity index (χ0v) is 17.9. The van der Waals surface area contributed by atoms with Crippen molar-refractivity contribution in [2.45, 2.75) is 4.90 Å². The first-order chi connectivity index (χ1) is 15.9. The van der Waals surface area contributed by atoms with Crippen molar-refractivity contribution in [3.63, 3.8) is 0 Å². The van der Waals surface area contributed by atoms with Crippen molar-refractivity contribution in [2.75, 3.05) is 0 Å². The maximum absolute atomic E-state index is 10.5.